The summed E-state index contributed by atoms with van der Waals surface area (Å²) >= 11 is 1.62. The van der Waals surface area contributed by atoms with Crippen LogP contribution in [0.3, 0.4) is 0 Å². The van der Waals surface area contributed by atoms with Crippen molar-refractivity contribution in [3.8, 4) is 0 Å². The first-order chi connectivity index (χ1) is 11.2. The average molecular weight is 327 g/mol. The predicted molar refractivity (Wildman–Crippen MR) is 93.9 cm³/mol. The topological polar surface area (TPSA) is 38.3 Å². The van der Waals surface area contributed by atoms with E-state index in [0.717, 1.165) is 36.4 Å². The monoisotopic (exact) mass is 327 g/mol. The zero-order valence-electron chi connectivity index (χ0n) is 13.2. The molecule has 0 spiro atoms. The molecule has 1 heterocycles. The van der Waals surface area contributed by atoms with Gasteiger partial charge in [0.15, 0.2) is 0 Å². The first-order valence-electron chi connectivity index (χ1n) is 7.87. The first-order valence-corrected chi connectivity index (χ1v) is 9.10. The summed E-state index contributed by atoms with van der Waals surface area (Å²) in [7, 11) is 0. The molecular formula is C19H21NO2S. The van der Waals surface area contributed by atoms with Gasteiger partial charge in [-0.25, -0.2) is 4.79 Å². The molecule has 120 valence electrons. The van der Waals surface area contributed by atoms with Crippen LogP contribution in [-0.2, 0) is 10.3 Å². The highest BCUT2D eigenvalue weighted by atomic mass is 32.2. The highest BCUT2D eigenvalue weighted by molar-refractivity contribution is 7.98. The van der Waals surface area contributed by atoms with Crippen LogP contribution in [0.2, 0.25) is 0 Å². The summed E-state index contributed by atoms with van der Waals surface area (Å²) in [6.07, 6.45) is 3.60. The predicted octanol–water partition coefficient (Wildman–Crippen LogP) is 3.84. The number of esters is 1. The van der Waals surface area contributed by atoms with E-state index >= 15 is 0 Å². The van der Waals surface area contributed by atoms with E-state index in [0.29, 0.717) is 5.56 Å². The minimum Gasteiger partial charge on any atom is -0.450 e. The molecule has 4 heteroatoms. The second kappa shape index (κ2) is 7.20. The Kier molecular flexibility index (Phi) is 5.03. The number of thioether (sulfide) groups is 1. The third-order valence-corrected chi connectivity index (χ3v) is 5.03. The average Bonchev–Trinajstić information content (AvgIpc) is 2.63. The van der Waals surface area contributed by atoms with Gasteiger partial charge in [0.2, 0.25) is 0 Å². The summed E-state index contributed by atoms with van der Waals surface area (Å²) in [5.41, 5.74) is 1.17. The Morgan fingerprint density at radius 3 is 2.52 bits per heavy atom. The van der Waals surface area contributed by atoms with Crippen molar-refractivity contribution in [1.29, 1.82) is 0 Å². The van der Waals surface area contributed by atoms with Crippen molar-refractivity contribution in [3.63, 3.8) is 0 Å². The maximum Gasteiger partial charge on any atom is 0.339 e. The fourth-order valence-corrected chi connectivity index (χ4v) is 3.47. The molecule has 3 rings (SSSR count). The Morgan fingerprint density at radius 2 is 1.83 bits per heavy atom. The third-order valence-electron chi connectivity index (χ3n) is 4.30. The molecule has 0 bridgehead atoms. The molecule has 0 unspecified atom stereocenters. The molecule has 0 atom stereocenters. The van der Waals surface area contributed by atoms with E-state index in [1.165, 1.54) is 0 Å². The lowest BCUT2D eigenvalue weighted by Crippen LogP contribution is -2.43. The van der Waals surface area contributed by atoms with Crippen molar-refractivity contribution in [2.24, 2.45) is 0 Å². The van der Waals surface area contributed by atoms with Gasteiger partial charge in [0.05, 0.1) is 5.56 Å². The van der Waals surface area contributed by atoms with Gasteiger partial charge >= 0.3 is 5.97 Å². The third kappa shape index (κ3) is 3.59. The summed E-state index contributed by atoms with van der Waals surface area (Å²) in [5, 5.41) is 3.35. The van der Waals surface area contributed by atoms with Crippen molar-refractivity contribution in [1.82, 2.24) is 5.32 Å². The number of hydrogen-bond acceptors (Lipinski definition) is 4. The molecule has 1 saturated heterocycles. The Hall–Kier alpha value is -1.78. The molecule has 1 aliphatic heterocycles. The van der Waals surface area contributed by atoms with Gasteiger partial charge in [-0.3, -0.25) is 0 Å². The second-order valence-electron chi connectivity index (χ2n) is 5.73. The fraction of sp³-hybridized carbons (Fsp3) is 0.316. The van der Waals surface area contributed by atoms with Crippen molar-refractivity contribution in [2.45, 2.75) is 23.3 Å². The standard InChI is InChI=1S/C19H21NO2S/c1-23-17-9-5-6-15(14-17)18(21)22-19(10-12-20-13-11-19)16-7-3-2-4-8-16/h2-9,14,20H,10-13H2,1H3. The summed E-state index contributed by atoms with van der Waals surface area (Å²) in [5.74, 6) is -0.244. The van der Waals surface area contributed by atoms with E-state index in [9.17, 15) is 4.79 Å². The number of carbonyl (C=O) groups excluding carboxylic acids is 1. The van der Waals surface area contributed by atoms with Gasteiger partial charge in [0.25, 0.3) is 0 Å². The van der Waals surface area contributed by atoms with Gasteiger partial charge in [-0.05, 0) is 43.1 Å². The molecule has 0 amide bonds. The minimum absolute atomic E-state index is 0.244. The van der Waals surface area contributed by atoms with Crippen molar-refractivity contribution >= 4 is 17.7 Å². The van der Waals surface area contributed by atoms with Crippen LogP contribution in [0.25, 0.3) is 0 Å². The van der Waals surface area contributed by atoms with Crippen LogP contribution in [0, 0.1) is 0 Å². The van der Waals surface area contributed by atoms with E-state index in [4.69, 9.17) is 4.74 Å². The molecule has 1 fully saturated rings. The van der Waals surface area contributed by atoms with Gasteiger partial charge in [0.1, 0.15) is 5.60 Å². The van der Waals surface area contributed by atoms with Crippen molar-refractivity contribution in [3.05, 3.63) is 65.7 Å². The van der Waals surface area contributed by atoms with Crippen LogP contribution in [0.15, 0.2) is 59.5 Å². The molecule has 23 heavy (non-hydrogen) atoms. The molecule has 0 radical (unpaired) electrons. The maximum atomic E-state index is 12.7. The van der Waals surface area contributed by atoms with Crippen LogP contribution >= 0.6 is 11.8 Å². The number of nitrogens with one attached hydrogen (secondary N) is 1. The quantitative estimate of drug-likeness (QED) is 0.684. The van der Waals surface area contributed by atoms with E-state index < -0.39 is 5.60 Å². The van der Waals surface area contributed by atoms with Crippen LogP contribution in [0.4, 0.5) is 0 Å². The molecular weight excluding hydrogens is 306 g/mol. The fourth-order valence-electron chi connectivity index (χ4n) is 3.01. The van der Waals surface area contributed by atoms with Crippen LogP contribution < -0.4 is 5.32 Å². The van der Waals surface area contributed by atoms with Gasteiger partial charge in [-0.1, -0.05) is 36.4 Å². The molecule has 0 saturated carbocycles. The number of piperidine rings is 1. The number of ether oxygens (including phenoxy) is 1. The summed E-state index contributed by atoms with van der Waals surface area (Å²) in [4.78, 5) is 13.8. The zero-order chi connectivity index (χ0) is 16.1. The Balaban J connectivity index is 1.88. The number of benzene rings is 2. The van der Waals surface area contributed by atoms with Gasteiger partial charge in [0, 0.05) is 17.7 Å². The summed E-state index contributed by atoms with van der Waals surface area (Å²) in [6.45, 7) is 1.71. The largest absolute Gasteiger partial charge is 0.450 e. The summed E-state index contributed by atoms with van der Waals surface area (Å²) < 4.78 is 6.06. The SMILES string of the molecule is CSc1cccc(C(=O)OC2(c3ccccc3)CCNCC2)c1. The molecule has 2 aromatic rings. The molecule has 1 aliphatic rings. The molecule has 0 aromatic heterocycles. The van der Waals surface area contributed by atoms with E-state index in [-0.39, 0.29) is 5.97 Å². The lowest BCUT2D eigenvalue weighted by atomic mass is 9.84. The highest BCUT2D eigenvalue weighted by Crippen LogP contribution is 2.35. The van der Waals surface area contributed by atoms with E-state index in [2.05, 4.69) is 17.4 Å². The van der Waals surface area contributed by atoms with Crippen molar-refractivity contribution < 1.29 is 9.53 Å². The van der Waals surface area contributed by atoms with Crippen LogP contribution in [0.5, 0.6) is 0 Å². The molecule has 0 aliphatic carbocycles. The molecule has 3 nitrogen and oxygen atoms in total. The maximum absolute atomic E-state index is 12.7. The second-order valence-corrected chi connectivity index (χ2v) is 6.61. The highest BCUT2D eigenvalue weighted by Gasteiger charge is 2.38. The number of carbonyl (C=O) groups is 1. The molecule has 2 aromatic carbocycles. The first kappa shape index (κ1) is 16.1. The van der Waals surface area contributed by atoms with Gasteiger partial charge in [-0.2, -0.15) is 0 Å². The minimum atomic E-state index is -0.529. The Labute approximate surface area is 141 Å². The zero-order valence-corrected chi connectivity index (χ0v) is 14.1. The lowest BCUT2D eigenvalue weighted by molar-refractivity contribution is -0.0378. The smallest absolute Gasteiger partial charge is 0.339 e. The van der Waals surface area contributed by atoms with Crippen LogP contribution in [-0.4, -0.2) is 25.3 Å². The van der Waals surface area contributed by atoms with Crippen molar-refractivity contribution in [2.75, 3.05) is 19.3 Å². The lowest BCUT2D eigenvalue weighted by Gasteiger charge is -2.37. The molecule has 1 N–H and O–H groups in total. The number of hydrogen-bond donors (Lipinski definition) is 1. The number of rotatable bonds is 4. The van der Waals surface area contributed by atoms with Crippen LogP contribution in [0.1, 0.15) is 28.8 Å². The Morgan fingerprint density at radius 1 is 1.09 bits per heavy atom. The Bertz CT molecular complexity index is 666. The van der Waals surface area contributed by atoms with Gasteiger partial charge in [-0.15, -0.1) is 11.8 Å². The normalized spacial score (nSPS) is 16.7. The van der Waals surface area contributed by atoms with Gasteiger partial charge < -0.3 is 10.1 Å². The van der Waals surface area contributed by atoms with E-state index in [1.54, 1.807) is 11.8 Å². The van der Waals surface area contributed by atoms with E-state index in [1.807, 2.05) is 48.7 Å². The summed E-state index contributed by atoms with van der Waals surface area (Å²) in [6, 6.07) is 17.7.